The van der Waals surface area contributed by atoms with Crippen LogP contribution in [0.5, 0.6) is 0 Å². The maximum absolute atomic E-state index is 10.3. The molecule has 0 aliphatic rings. The molecule has 0 saturated carbocycles. The van der Waals surface area contributed by atoms with Crippen LogP contribution in [0.3, 0.4) is 0 Å². The minimum Gasteiger partial charge on any atom is -0.481 e. The lowest BCUT2D eigenvalue weighted by Gasteiger charge is -2.01. The van der Waals surface area contributed by atoms with E-state index >= 15 is 0 Å². The highest BCUT2D eigenvalue weighted by Crippen LogP contribution is 2.16. The Hall–Kier alpha value is -0.500. The number of hydrogen-bond acceptors (Lipinski definition) is 1. The molecule has 0 saturated heterocycles. The second kappa shape index (κ2) is 12.9. The average molecular weight is 275 g/mol. The zero-order valence-corrected chi connectivity index (χ0v) is 12.3. The van der Waals surface area contributed by atoms with Crippen LogP contribution in [-0.4, -0.2) is 11.1 Å². The third-order valence-electron chi connectivity index (χ3n) is 2.98. The van der Waals surface area contributed by atoms with Gasteiger partial charge in [-0.1, -0.05) is 56.7 Å². The van der Waals surface area contributed by atoms with Gasteiger partial charge in [-0.15, -0.1) is 0 Å². The van der Waals surface area contributed by atoms with Crippen molar-refractivity contribution in [1.82, 2.24) is 0 Å². The molecule has 106 valence electrons. The molecule has 18 heavy (non-hydrogen) atoms. The van der Waals surface area contributed by atoms with Crippen molar-refractivity contribution in [1.29, 1.82) is 0 Å². The van der Waals surface area contributed by atoms with E-state index in [1.54, 1.807) is 0 Å². The zero-order valence-electron chi connectivity index (χ0n) is 11.6. The van der Waals surface area contributed by atoms with Gasteiger partial charge in [0, 0.05) is 11.5 Å². The van der Waals surface area contributed by atoms with Gasteiger partial charge in [0.1, 0.15) is 0 Å². The van der Waals surface area contributed by atoms with Crippen LogP contribution in [0.1, 0.15) is 77.6 Å². The number of rotatable bonds is 12. The van der Waals surface area contributed by atoms with Crippen molar-refractivity contribution in [3.63, 3.8) is 0 Å². The molecule has 0 unspecified atom stereocenters. The van der Waals surface area contributed by atoms with Crippen LogP contribution < -0.4 is 0 Å². The molecule has 0 bridgehead atoms. The summed E-state index contributed by atoms with van der Waals surface area (Å²) in [5.74, 6) is -0.687. The largest absolute Gasteiger partial charge is 0.481 e. The van der Waals surface area contributed by atoms with Crippen molar-refractivity contribution in [3.05, 3.63) is 11.1 Å². The van der Waals surface area contributed by atoms with Gasteiger partial charge in [0.05, 0.1) is 0 Å². The third-order valence-corrected chi connectivity index (χ3v) is 3.32. The summed E-state index contributed by atoms with van der Waals surface area (Å²) in [5, 5.41) is 9.48. The number of carbonyl (C=O) groups is 1. The number of halogens is 1. The lowest BCUT2D eigenvalue weighted by atomic mass is 10.1. The normalized spacial score (nSPS) is 11.8. The molecule has 0 rings (SSSR count). The Labute approximate surface area is 116 Å². The van der Waals surface area contributed by atoms with Crippen molar-refractivity contribution >= 4 is 17.6 Å². The molecule has 0 radical (unpaired) electrons. The van der Waals surface area contributed by atoms with Crippen LogP contribution >= 0.6 is 11.6 Å². The molecule has 0 aliphatic carbocycles. The highest BCUT2D eigenvalue weighted by molar-refractivity contribution is 6.29. The molecule has 3 heteroatoms. The molecular formula is C15H27ClO2. The van der Waals surface area contributed by atoms with Crippen LogP contribution in [0.4, 0.5) is 0 Å². The van der Waals surface area contributed by atoms with Crippen molar-refractivity contribution in [3.8, 4) is 0 Å². The number of aliphatic carboxylic acids is 1. The van der Waals surface area contributed by atoms with Gasteiger partial charge in [0.2, 0.25) is 0 Å². The highest BCUT2D eigenvalue weighted by Gasteiger charge is 1.97. The summed E-state index contributed by atoms with van der Waals surface area (Å²) in [4.78, 5) is 10.3. The number of carboxylic acid groups (broad SMARTS) is 1. The van der Waals surface area contributed by atoms with E-state index < -0.39 is 5.97 Å². The van der Waals surface area contributed by atoms with Gasteiger partial charge >= 0.3 is 5.97 Å². The minimum absolute atomic E-state index is 0.304. The molecule has 0 aromatic heterocycles. The van der Waals surface area contributed by atoms with E-state index in [9.17, 15) is 4.79 Å². The van der Waals surface area contributed by atoms with E-state index in [0.717, 1.165) is 50.0 Å². The molecule has 0 aromatic rings. The molecule has 2 nitrogen and oxygen atoms in total. The molecule has 0 amide bonds. The fourth-order valence-electron chi connectivity index (χ4n) is 1.86. The average Bonchev–Trinajstić information content (AvgIpc) is 2.33. The Morgan fingerprint density at radius 1 is 1.00 bits per heavy atom. The molecule has 0 aromatic carbocycles. The number of hydrogen-bond donors (Lipinski definition) is 1. The summed E-state index contributed by atoms with van der Waals surface area (Å²) in [6.07, 6.45) is 13.5. The molecule has 0 spiro atoms. The van der Waals surface area contributed by atoms with E-state index in [1.165, 1.54) is 19.3 Å². The van der Waals surface area contributed by atoms with E-state index in [0.29, 0.717) is 6.42 Å². The highest BCUT2D eigenvalue weighted by atomic mass is 35.5. The molecule has 0 atom stereocenters. The van der Waals surface area contributed by atoms with Gasteiger partial charge in [0.25, 0.3) is 0 Å². The smallest absolute Gasteiger partial charge is 0.303 e. The Balaban J connectivity index is 3.29. The fraction of sp³-hybridized carbons (Fsp3) is 0.800. The predicted molar refractivity (Wildman–Crippen MR) is 78.0 cm³/mol. The van der Waals surface area contributed by atoms with E-state index in [2.05, 4.69) is 13.0 Å². The van der Waals surface area contributed by atoms with Crippen LogP contribution in [0.25, 0.3) is 0 Å². The van der Waals surface area contributed by atoms with E-state index in [1.807, 2.05) is 0 Å². The molecule has 0 aliphatic heterocycles. The number of unbranched alkanes of at least 4 members (excludes halogenated alkanes) is 7. The third kappa shape index (κ3) is 13.6. The summed E-state index contributed by atoms with van der Waals surface area (Å²) in [6.45, 7) is 2.20. The maximum atomic E-state index is 10.3. The van der Waals surface area contributed by atoms with Gasteiger partial charge in [0.15, 0.2) is 0 Å². The van der Waals surface area contributed by atoms with Gasteiger partial charge in [-0.3, -0.25) is 4.79 Å². The maximum Gasteiger partial charge on any atom is 0.303 e. The van der Waals surface area contributed by atoms with Crippen LogP contribution in [-0.2, 0) is 4.79 Å². The molecule has 0 heterocycles. The van der Waals surface area contributed by atoms with Crippen LogP contribution in [0.15, 0.2) is 11.1 Å². The summed E-state index contributed by atoms with van der Waals surface area (Å²) in [7, 11) is 0. The predicted octanol–water partition coefficient (Wildman–Crippen LogP) is 5.50. The topological polar surface area (TPSA) is 37.3 Å². The summed E-state index contributed by atoms with van der Waals surface area (Å²) in [6, 6.07) is 0. The number of allylic oxidation sites excluding steroid dienone is 2. The molecule has 1 N–H and O–H groups in total. The Morgan fingerprint density at radius 2 is 1.61 bits per heavy atom. The lowest BCUT2D eigenvalue weighted by molar-refractivity contribution is -0.137. The first-order chi connectivity index (χ1) is 8.66. The second-order valence-corrected chi connectivity index (χ2v) is 5.29. The molecule has 0 fully saturated rings. The lowest BCUT2D eigenvalue weighted by Crippen LogP contribution is -1.93. The molecular weight excluding hydrogens is 248 g/mol. The minimum atomic E-state index is -0.687. The monoisotopic (exact) mass is 274 g/mol. The van der Waals surface area contributed by atoms with Gasteiger partial charge < -0.3 is 5.11 Å². The Kier molecular flexibility index (Phi) is 12.6. The van der Waals surface area contributed by atoms with Gasteiger partial charge in [-0.05, 0) is 32.1 Å². The zero-order chi connectivity index (χ0) is 13.6. The van der Waals surface area contributed by atoms with Crippen molar-refractivity contribution in [2.75, 3.05) is 0 Å². The van der Waals surface area contributed by atoms with E-state index in [4.69, 9.17) is 16.7 Å². The summed E-state index contributed by atoms with van der Waals surface area (Å²) < 4.78 is 0. The first kappa shape index (κ1) is 17.5. The summed E-state index contributed by atoms with van der Waals surface area (Å²) >= 11 is 6.12. The second-order valence-electron chi connectivity index (χ2n) is 4.81. The van der Waals surface area contributed by atoms with E-state index in [-0.39, 0.29) is 0 Å². The Bertz CT molecular complexity index is 237. The van der Waals surface area contributed by atoms with Crippen LogP contribution in [0.2, 0.25) is 0 Å². The quantitative estimate of drug-likeness (QED) is 0.477. The first-order valence-electron chi connectivity index (χ1n) is 7.23. The SMILES string of the molecule is CCCCC/C=C(\Cl)CCCCCCCC(=O)O. The first-order valence-corrected chi connectivity index (χ1v) is 7.61. The van der Waals surface area contributed by atoms with Crippen molar-refractivity contribution in [2.24, 2.45) is 0 Å². The Morgan fingerprint density at radius 3 is 2.22 bits per heavy atom. The van der Waals surface area contributed by atoms with Crippen molar-refractivity contribution < 1.29 is 9.90 Å². The number of carboxylic acids is 1. The van der Waals surface area contributed by atoms with Gasteiger partial charge in [-0.25, -0.2) is 0 Å². The fourth-order valence-corrected chi connectivity index (χ4v) is 2.10. The standard InChI is InChI=1S/C15H27ClO2/c1-2-3-4-8-11-14(16)12-9-6-5-7-10-13-15(17)18/h11H,2-10,12-13H2,1H3,(H,17,18)/b14-11-. The van der Waals surface area contributed by atoms with Crippen LogP contribution in [0, 0.1) is 0 Å². The van der Waals surface area contributed by atoms with Gasteiger partial charge in [-0.2, -0.15) is 0 Å². The van der Waals surface area contributed by atoms with Crippen molar-refractivity contribution in [2.45, 2.75) is 77.6 Å². The summed E-state index contributed by atoms with van der Waals surface area (Å²) in [5.41, 5.74) is 0.